The zero-order chi connectivity index (χ0) is 13.8. The van der Waals surface area contributed by atoms with Crippen LogP contribution in [-0.4, -0.2) is 31.6 Å². The molecule has 2 nitrogen and oxygen atoms in total. The van der Waals surface area contributed by atoms with Crippen molar-refractivity contribution in [1.29, 1.82) is 0 Å². The normalized spacial score (nSPS) is 19.6. The molecule has 2 rings (SSSR count). The average Bonchev–Trinajstić information content (AvgIpc) is 2.42. The van der Waals surface area contributed by atoms with Gasteiger partial charge in [0.15, 0.2) is 0 Å². The summed E-state index contributed by atoms with van der Waals surface area (Å²) >= 11 is 12.4. The summed E-state index contributed by atoms with van der Waals surface area (Å²) in [5.41, 5.74) is 1.14. The molecule has 1 aliphatic heterocycles. The molecule has 19 heavy (non-hydrogen) atoms. The molecule has 1 aromatic carbocycles. The second-order valence-electron chi connectivity index (χ2n) is 5.38. The SMILES string of the molecule is CNCC1CCN(C(C)c2cc(Cl)ccc2Cl)CC1. The highest BCUT2D eigenvalue weighted by Gasteiger charge is 2.24. The Morgan fingerprint density at radius 2 is 2.00 bits per heavy atom. The topological polar surface area (TPSA) is 15.3 Å². The van der Waals surface area contributed by atoms with E-state index in [2.05, 4.69) is 17.1 Å². The lowest BCUT2D eigenvalue weighted by molar-refractivity contribution is 0.141. The fourth-order valence-corrected chi connectivity index (χ4v) is 3.32. The lowest BCUT2D eigenvalue weighted by Gasteiger charge is -2.36. The van der Waals surface area contributed by atoms with Crippen molar-refractivity contribution in [2.45, 2.75) is 25.8 Å². The Morgan fingerprint density at radius 3 is 2.63 bits per heavy atom. The summed E-state index contributed by atoms with van der Waals surface area (Å²) in [5, 5.41) is 4.85. The van der Waals surface area contributed by atoms with Gasteiger partial charge >= 0.3 is 0 Å². The highest BCUT2D eigenvalue weighted by Crippen LogP contribution is 2.32. The Hall–Kier alpha value is -0.280. The third-order valence-corrected chi connectivity index (χ3v) is 4.68. The van der Waals surface area contributed by atoms with Crippen molar-refractivity contribution < 1.29 is 0 Å². The molecular weight excluding hydrogens is 279 g/mol. The summed E-state index contributed by atoms with van der Waals surface area (Å²) < 4.78 is 0. The van der Waals surface area contributed by atoms with Crippen LogP contribution in [0.2, 0.25) is 10.0 Å². The lowest BCUT2D eigenvalue weighted by atomic mass is 9.94. The summed E-state index contributed by atoms with van der Waals surface area (Å²) in [6.07, 6.45) is 2.51. The van der Waals surface area contributed by atoms with Crippen LogP contribution < -0.4 is 5.32 Å². The van der Waals surface area contributed by atoms with Gasteiger partial charge in [0.25, 0.3) is 0 Å². The molecule has 1 saturated heterocycles. The first kappa shape index (κ1) is 15.1. The molecule has 0 spiro atoms. The fraction of sp³-hybridized carbons (Fsp3) is 0.600. The molecule has 1 fully saturated rings. The molecule has 0 saturated carbocycles. The Labute approximate surface area is 126 Å². The molecule has 4 heteroatoms. The Morgan fingerprint density at radius 1 is 1.32 bits per heavy atom. The van der Waals surface area contributed by atoms with Crippen molar-refractivity contribution in [2.75, 3.05) is 26.7 Å². The second-order valence-corrected chi connectivity index (χ2v) is 6.22. The lowest BCUT2D eigenvalue weighted by Crippen LogP contribution is -2.38. The number of piperidine rings is 1. The minimum absolute atomic E-state index is 0.335. The van der Waals surface area contributed by atoms with Crippen LogP contribution in [0.15, 0.2) is 18.2 Å². The van der Waals surface area contributed by atoms with E-state index in [1.807, 2.05) is 25.2 Å². The van der Waals surface area contributed by atoms with Gasteiger partial charge in [-0.05, 0) is 76.1 Å². The number of hydrogen-bond donors (Lipinski definition) is 1. The van der Waals surface area contributed by atoms with E-state index in [0.717, 1.165) is 41.2 Å². The van der Waals surface area contributed by atoms with Gasteiger partial charge in [0, 0.05) is 16.1 Å². The maximum Gasteiger partial charge on any atom is 0.0454 e. The number of likely N-dealkylation sites (tertiary alicyclic amines) is 1. The Bertz CT molecular complexity index is 415. The van der Waals surface area contributed by atoms with Gasteiger partial charge in [0.1, 0.15) is 0 Å². The van der Waals surface area contributed by atoms with Gasteiger partial charge in [0.05, 0.1) is 0 Å². The van der Waals surface area contributed by atoms with Crippen LogP contribution in [0.25, 0.3) is 0 Å². The predicted octanol–water partition coefficient (Wildman–Crippen LogP) is 3.99. The number of nitrogens with one attached hydrogen (secondary N) is 1. The smallest absolute Gasteiger partial charge is 0.0454 e. The number of hydrogen-bond acceptors (Lipinski definition) is 2. The highest BCUT2D eigenvalue weighted by molar-refractivity contribution is 6.33. The number of nitrogens with zero attached hydrogens (tertiary/aromatic N) is 1. The first-order valence-corrected chi connectivity index (χ1v) is 7.71. The van der Waals surface area contributed by atoms with Crippen molar-refractivity contribution in [2.24, 2.45) is 5.92 Å². The van der Waals surface area contributed by atoms with Crippen LogP contribution in [0.3, 0.4) is 0 Å². The van der Waals surface area contributed by atoms with E-state index in [1.54, 1.807) is 0 Å². The molecule has 1 aliphatic rings. The van der Waals surface area contributed by atoms with E-state index in [1.165, 1.54) is 12.8 Å². The van der Waals surface area contributed by atoms with Crippen LogP contribution in [0, 0.1) is 5.92 Å². The Balaban J connectivity index is 2.01. The molecule has 0 radical (unpaired) electrons. The van der Waals surface area contributed by atoms with Crippen LogP contribution in [-0.2, 0) is 0 Å². The van der Waals surface area contributed by atoms with Crippen molar-refractivity contribution >= 4 is 23.2 Å². The molecule has 1 N–H and O–H groups in total. The summed E-state index contributed by atoms with van der Waals surface area (Å²) in [6, 6.07) is 6.07. The minimum atomic E-state index is 0.335. The molecule has 1 heterocycles. The summed E-state index contributed by atoms with van der Waals surface area (Å²) in [5.74, 6) is 0.809. The van der Waals surface area contributed by atoms with Gasteiger partial charge in [-0.25, -0.2) is 0 Å². The maximum atomic E-state index is 6.29. The molecule has 0 aliphatic carbocycles. The van der Waals surface area contributed by atoms with E-state index in [9.17, 15) is 0 Å². The average molecular weight is 301 g/mol. The third kappa shape index (κ3) is 3.85. The Kier molecular flexibility index (Phi) is 5.52. The van der Waals surface area contributed by atoms with E-state index in [0.29, 0.717) is 6.04 Å². The number of rotatable bonds is 4. The van der Waals surface area contributed by atoms with E-state index >= 15 is 0 Å². The fourth-order valence-electron chi connectivity index (χ4n) is 2.86. The summed E-state index contributed by atoms with van der Waals surface area (Å²) in [6.45, 7) is 5.61. The molecule has 0 aromatic heterocycles. The molecule has 1 unspecified atom stereocenters. The van der Waals surface area contributed by atoms with Crippen LogP contribution in [0.5, 0.6) is 0 Å². The quantitative estimate of drug-likeness (QED) is 0.904. The monoisotopic (exact) mass is 300 g/mol. The van der Waals surface area contributed by atoms with Crippen molar-refractivity contribution in [3.05, 3.63) is 33.8 Å². The highest BCUT2D eigenvalue weighted by atomic mass is 35.5. The van der Waals surface area contributed by atoms with Crippen LogP contribution in [0.4, 0.5) is 0 Å². The van der Waals surface area contributed by atoms with Gasteiger partial charge < -0.3 is 5.32 Å². The van der Waals surface area contributed by atoms with Crippen molar-refractivity contribution in [1.82, 2.24) is 10.2 Å². The minimum Gasteiger partial charge on any atom is -0.319 e. The maximum absolute atomic E-state index is 6.29. The predicted molar refractivity (Wildman–Crippen MR) is 83.1 cm³/mol. The van der Waals surface area contributed by atoms with Gasteiger partial charge in [-0.2, -0.15) is 0 Å². The molecule has 1 atom stereocenters. The van der Waals surface area contributed by atoms with Crippen molar-refractivity contribution in [3.63, 3.8) is 0 Å². The third-order valence-electron chi connectivity index (χ3n) is 4.10. The summed E-state index contributed by atoms with van der Waals surface area (Å²) in [7, 11) is 2.03. The standard InChI is InChI=1S/C15H22Cl2N2/c1-11(14-9-13(16)3-4-15(14)17)19-7-5-12(6-8-19)10-18-2/h3-4,9,11-12,18H,5-8,10H2,1-2H3. The zero-order valence-corrected chi connectivity index (χ0v) is 13.1. The number of halogens is 2. The first-order valence-electron chi connectivity index (χ1n) is 6.95. The summed E-state index contributed by atoms with van der Waals surface area (Å²) in [4.78, 5) is 2.50. The van der Waals surface area contributed by atoms with Gasteiger partial charge in [-0.1, -0.05) is 23.2 Å². The van der Waals surface area contributed by atoms with Crippen molar-refractivity contribution in [3.8, 4) is 0 Å². The van der Waals surface area contributed by atoms with Gasteiger partial charge in [-0.15, -0.1) is 0 Å². The van der Waals surface area contributed by atoms with E-state index < -0.39 is 0 Å². The van der Waals surface area contributed by atoms with Crippen LogP contribution >= 0.6 is 23.2 Å². The largest absolute Gasteiger partial charge is 0.319 e. The van der Waals surface area contributed by atoms with Gasteiger partial charge in [-0.3, -0.25) is 4.90 Å². The molecule has 1 aromatic rings. The molecule has 0 amide bonds. The first-order chi connectivity index (χ1) is 9.11. The van der Waals surface area contributed by atoms with E-state index in [-0.39, 0.29) is 0 Å². The molecule has 106 valence electrons. The molecular formula is C15H22Cl2N2. The molecule has 0 bridgehead atoms. The number of benzene rings is 1. The van der Waals surface area contributed by atoms with Crippen LogP contribution in [0.1, 0.15) is 31.4 Å². The second kappa shape index (κ2) is 6.94. The zero-order valence-electron chi connectivity index (χ0n) is 11.6. The van der Waals surface area contributed by atoms with Gasteiger partial charge in [0.2, 0.25) is 0 Å². The van der Waals surface area contributed by atoms with E-state index in [4.69, 9.17) is 23.2 Å².